The molecule has 0 aromatic heterocycles. The summed E-state index contributed by atoms with van der Waals surface area (Å²) < 4.78 is 0. The van der Waals surface area contributed by atoms with Crippen molar-refractivity contribution in [1.29, 1.82) is 0 Å². The van der Waals surface area contributed by atoms with Gasteiger partial charge >= 0.3 is 43.4 Å². The molecule has 0 N–H and O–H groups in total. The van der Waals surface area contributed by atoms with Crippen molar-refractivity contribution < 1.29 is 68.2 Å². The maximum Gasteiger partial charge on any atom is 2.00 e. The van der Waals surface area contributed by atoms with Crippen molar-refractivity contribution >= 4 is 43.1 Å². The van der Waals surface area contributed by atoms with Gasteiger partial charge in [0.05, 0.1) is 0 Å². The Morgan fingerprint density at radius 1 is 0.479 bits per heavy atom. The molecule has 4 heteroatoms. The van der Waals surface area contributed by atoms with Gasteiger partial charge in [-0.25, -0.2) is 23.3 Å². The maximum atomic E-state index is 3.30. The summed E-state index contributed by atoms with van der Waals surface area (Å²) in [5.41, 5.74) is 2.83. The van der Waals surface area contributed by atoms with Crippen LogP contribution in [-0.2, 0) is 43.4 Å². The largest absolute Gasteiger partial charge is 2.00 e. The molecule has 0 fully saturated rings. The first kappa shape index (κ1) is 43.6. The van der Waals surface area contributed by atoms with E-state index in [0.717, 1.165) is 12.8 Å². The molecule has 48 heavy (non-hydrogen) atoms. The smallest absolute Gasteiger partial charge is 1.00 e. The van der Waals surface area contributed by atoms with Crippen LogP contribution in [0, 0.1) is 12.2 Å². The van der Waals surface area contributed by atoms with Gasteiger partial charge < -0.3 is 24.8 Å². The fourth-order valence-corrected chi connectivity index (χ4v) is 5.79. The molecule has 0 amide bonds. The van der Waals surface area contributed by atoms with E-state index in [2.05, 4.69) is 159 Å². The zero-order valence-electron chi connectivity index (χ0n) is 28.1. The minimum atomic E-state index is 0. The summed E-state index contributed by atoms with van der Waals surface area (Å²) in [5.74, 6) is 0. The standard InChI is InChI=1S/2C13H9.2C9H13.2ClH.2Ti/c2*1-3-7-12-10(5-1)9-11-6-2-4-8-13(11)12;2*1-2-3-6-9-7-4-5-8-9;;;;/h2*1-9H;2*4,7H,2-3,5-6H2,1H3;2*1H;;/q4*-1;;;2*+2/p-2. The Hall–Kier alpha value is -2.41. The molecule has 6 aromatic carbocycles. The van der Waals surface area contributed by atoms with Crippen LogP contribution < -0.4 is 24.8 Å². The van der Waals surface area contributed by atoms with E-state index in [-0.39, 0.29) is 68.2 Å². The second kappa shape index (κ2) is 23.9. The Morgan fingerprint density at radius 3 is 1.02 bits per heavy atom. The molecule has 244 valence electrons. The summed E-state index contributed by atoms with van der Waals surface area (Å²) in [7, 11) is 0. The summed E-state index contributed by atoms with van der Waals surface area (Å²) >= 11 is 0. The van der Waals surface area contributed by atoms with Crippen molar-refractivity contribution in [3.63, 3.8) is 0 Å². The molecular weight excluding hydrogens is 695 g/mol. The Labute approximate surface area is 330 Å². The zero-order chi connectivity index (χ0) is 30.4. The van der Waals surface area contributed by atoms with Gasteiger partial charge in [0.25, 0.3) is 0 Å². The van der Waals surface area contributed by atoms with Crippen LogP contribution >= 0.6 is 0 Å². The summed E-state index contributed by atoms with van der Waals surface area (Å²) in [5, 5.41) is 10.8. The van der Waals surface area contributed by atoms with Crippen molar-refractivity contribution in [1.82, 2.24) is 0 Å². The van der Waals surface area contributed by atoms with E-state index in [1.165, 1.54) is 92.8 Å². The molecule has 8 rings (SSSR count). The molecule has 2 aliphatic carbocycles. The van der Waals surface area contributed by atoms with E-state index < -0.39 is 0 Å². The third-order valence-corrected chi connectivity index (χ3v) is 8.18. The van der Waals surface area contributed by atoms with Crippen molar-refractivity contribution in [2.24, 2.45) is 0 Å². The van der Waals surface area contributed by atoms with E-state index >= 15 is 0 Å². The number of rotatable bonds is 6. The second-order valence-corrected chi connectivity index (χ2v) is 11.5. The number of allylic oxidation sites excluding steroid dienone is 8. The molecule has 0 aliphatic heterocycles. The van der Waals surface area contributed by atoms with Gasteiger partial charge in [0.1, 0.15) is 0 Å². The van der Waals surface area contributed by atoms with Crippen LogP contribution in [0.25, 0.3) is 43.1 Å². The van der Waals surface area contributed by atoms with E-state index in [1.54, 1.807) is 0 Å². The van der Waals surface area contributed by atoms with Crippen molar-refractivity contribution in [3.8, 4) is 0 Å². The minimum absolute atomic E-state index is 0. The van der Waals surface area contributed by atoms with Crippen molar-refractivity contribution in [2.45, 2.75) is 65.2 Å². The topological polar surface area (TPSA) is 0 Å². The first-order valence-electron chi connectivity index (χ1n) is 16.4. The Bertz CT molecular complexity index is 1660. The van der Waals surface area contributed by atoms with Crippen molar-refractivity contribution in [3.05, 3.63) is 157 Å². The second-order valence-electron chi connectivity index (χ2n) is 11.5. The normalized spacial score (nSPS) is 12.1. The van der Waals surface area contributed by atoms with E-state index in [1.807, 2.05) is 0 Å². The van der Waals surface area contributed by atoms with Crippen LogP contribution in [0.4, 0.5) is 0 Å². The van der Waals surface area contributed by atoms with Crippen LogP contribution in [0.3, 0.4) is 0 Å². The first-order chi connectivity index (χ1) is 21.8. The fraction of sp³-hybridized carbons (Fsp3) is 0.227. The van der Waals surface area contributed by atoms with E-state index in [0.29, 0.717) is 0 Å². The SMILES string of the molecule is CCCCC1=[C-]CC=C1.CCCCC1=[C-]CC=C1.[Cl-].[Cl-].[Ti+2].[Ti+2].c1ccc2c(c1)[cH-]c1ccccc12.c1ccc2c(c1)[cH-]c1ccccc12. The average Bonchev–Trinajstić information content (AvgIpc) is 3.90. The molecule has 0 saturated carbocycles. The van der Waals surface area contributed by atoms with Gasteiger partial charge in [0, 0.05) is 0 Å². The van der Waals surface area contributed by atoms with Crippen LogP contribution in [-0.4, -0.2) is 0 Å². The van der Waals surface area contributed by atoms with Gasteiger partial charge in [0.2, 0.25) is 0 Å². The van der Waals surface area contributed by atoms with Gasteiger partial charge in [-0.15, -0.1) is 92.3 Å². The van der Waals surface area contributed by atoms with Crippen LogP contribution in [0.2, 0.25) is 0 Å². The van der Waals surface area contributed by atoms with Crippen molar-refractivity contribution in [2.75, 3.05) is 0 Å². The number of hydrogen-bond donors (Lipinski definition) is 0. The summed E-state index contributed by atoms with van der Waals surface area (Å²) in [6.07, 6.45) is 25.1. The molecule has 0 radical (unpaired) electrons. The van der Waals surface area contributed by atoms with E-state index in [9.17, 15) is 0 Å². The Morgan fingerprint density at radius 2 is 0.771 bits per heavy atom. The van der Waals surface area contributed by atoms with Gasteiger partial charge in [0.15, 0.2) is 0 Å². The molecular formula is C44H44Cl2Ti2-2. The molecule has 0 nitrogen and oxygen atoms in total. The fourth-order valence-electron chi connectivity index (χ4n) is 5.79. The average molecular weight is 739 g/mol. The maximum absolute atomic E-state index is 3.30. The van der Waals surface area contributed by atoms with Gasteiger partial charge in [-0.2, -0.15) is 12.2 Å². The van der Waals surface area contributed by atoms with Gasteiger partial charge in [-0.3, -0.25) is 12.2 Å². The molecule has 0 atom stereocenters. The number of benzene rings is 4. The predicted molar refractivity (Wildman–Crippen MR) is 194 cm³/mol. The number of hydrogen-bond acceptors (Lipinski definition) is 0. The molecule has 0 heterocycles. The quantitative estimate of drug-likeness (QED) is 0.126. The van der Waals surface area contributed by atoms with Crippen LogP contribution in [0.5, 0.6) is 0 Å². The van der Waals surface area contributed by atoms with Gasteiger partial charge in [-0.1, -0.05) is 125 Å². The van der Waals surface area contributed by atoms with Crippen LogP contribution in [0.1, 0.15) is 65.2 Å². The van der Waals surface area contributed by atoms with E-state index in [4.69, 9.17) is 0 Å². The summed E-state index contributed by atoms with van der Waals surface area (Å²) in [6.45, 7) is 4.44. The summed E-state index contributed by atoms with van der Waals surface area (Å²) in [4.78, 5) is 0. The molecule has 0 unspecified atom stereocenters. The monoisotopic (exact) mass is 738 g/mol. The summed E-state index contributed by atoms with van der Waals surface area (Å²) in [6, 6.07) is 38.5. The van der Waals surface area contributed by atoms with Crippen LogP contribution in [0.15, 0.2) is 145 Å². The minimum Gasteiger partial charge on any atom is -1.00 e. The molecule has 0 spiro atoms. The number of unbranched alkanes of at least 4 members (excludes halogenated alkanes) is 2. The molecule has 6 aromatic rings. The van der Waals surface area contributed by atoms with Gasteiger partial charge in [-0.05, 0) is 0 Å². The molecule has 0 bridgehead atoms. The predicted octanol–water partition coefficient (Wildman–Crippen LogP) is 7.16. The molecule has 0 saturated heterocycles. The third kappa shape index (κ3) is 12.5. The Balaban J connectivity index is 0.000000316. The first-order valence-corrected chi connectivity index (χ1v) is 16.4. The molecule has 2 aliphatic rings. The number of halogens is 2. The Kier molecular flexibility index (Phi) is 21.7. The zero-order valence-corrected chi connectivity index (χ0v) is 32.7. The number of fused-ring (bicyclic) bond motifs is 6. The third-order valence-electron chi connectivity index (χ3n) is 8.18.